The van der Waals surface area contributed by atoms with Gasteiger partial charge in [-0.2, -0.15) is 4.98 Å². The summed E-state index contributed by atoms with van der Waals surface area (Å²) in [5, 5.41) is 11.5. The number of nitrogens with one attached hydrogen (secondary N) is 2. The zero-order valence-electron chi connectivity index (χ0n) is 15.5. The van der Waals surface area contributed by atoms with Crippen molar-refractivity contribution in [1.82, 2.24) is 14.8 Å². The average Bonchev–Trinajstić information content (AvgIpc) is 2.68. The summed E-state index contributed by atoms with van der Waals surface area (Å²) >= 11 is 0. The molecule has 0 saturated heterocycles. The lowest BCUT2D eigenvalue weighted by molar-refractivity contribution is -0.385. The zero-order chi connectivity index (χ0) is 21.0. The number of hydrogen-bond donors (Lipinski definition) is 2. The van der Waals surface area contributed by atoms with Crippen LogP contribution >= 0.6 is 0 Å². The molecule has 3 aromatic rings. The van der Waals surface area contributed by atoms with E-state index in [1.807, 2.05) is 13.8 Å². The maximum absolute atomic E-state index is 12.4. The van der Waals surface area contributed by atoms with Gasteiger partial charge in [-0.3, -0.25) is 15.5 Å². The Labute approximate surface area is 166 Å². The van der Waals surface area contributed by atoms with E-state index in [0.717, 1.165) is 17.5 Å². The molecule has 3 rings (SSSR count). The van der Waals surface area contributed by atoms with E-state index in [1.54, 1.807) is 36.4 Å². The van der Waals surface area contributed by atoms with Crippen LogP contribution in [0.3, 0.4) is 0 Å². The van der Waals surface area contributed by atoms with Crippen LogP contribution in [-0.2, 0) is 10.0 Å². The fraction of sp³-hybridized carbons (Fsp3) is 0.111. The van der Waals surface area contributed by atoms with Gasteiger partial charge in [0, 0.05) is 0 Å². The van der Waals surface area contributed by atoms with Gasteiger partial charge >= 0.3 is 11.6 Å². The number of benzene rings is 2. The van der Waals surface area contributed by atoms with Crippen LogP contribution in [0.1, 0.15) is 11.1 Å². The molecule has 0 aliphatic rings. The molecule has 0 spiro atoms. The molecule has 0 saturated carbocycles. The SMILES string of the molecule is Cc1ccc(Oc2ncnc(NNS(=O)(=O)c3ccc(C)cc3)c2[N+](=O)[O-])cc1. The number of rotatable bonds is 7. The van der Waals surface area contributed by atoms with Crippen molar-refractivity contribution in [3.8, 4) is 11.6 Å². The summed E-state index contributed by atoms with van der Waals surface area (Å²) < 4.78 is 30.3. The molecule has 0 radical (unpaired) electrons. The van der Waals surface area contributed by atoms with Crippen molar-refractivity contribution in [3.63, 3.8) is 0 Å². The topological polar surface area (TPSA) is 136 Å². The maximum Gasteiger partial charge on any atom is 0.374 e. The molecular formula is C18H17N5O5S. The molecule has 10 nitrogen and oxygen atoms in total. The van der Waals surface area contributed by atoms with E-state index in [4.69, 9.17) is 4.74 Å². The number of aryl methyl sites for hydroxylation is 2. The molecule has 150 valence electrons. The van der Waals surface area contributed by atoms with Gasteiger partial charge in [-0.15, -0.1) is 4.83 Å². The summed E-state index contributed by atoms with van der Waals surface area (Å²) in [6.45, 7) is 3.71. The third kappa shape index (κ3) is 4.83. The molecule has 0 aliphatic carbocycles. The van der Waals surface area contributed by atoms with Crippen LogP contribution in [0.15, 0.2) is 59.8 Å². The lowest BCUT2D eigenvalue weighted by atomic mass is 10.2. The lowest BCUT2D eigenvalue weighted by Gasteiger charge is -2.11. The molecule has 0 unspecified atom stereocenters. The molecule has 1 aromatic heterocycles. The second kappa shape index (κ2) is 8.20. The summed E-state index contributed by atoms with van der Waals surface area (Å²) in [5.74, 6) is -0.350. The molecule has 2 N–H and O–H groups in total. The Morgan fingerprint density at radius 2 is 1.55 bits per heavy atom. The van der Waals surface area contributed by atoms with Gasteiger partial charge in [-0.1, -0.05) is 35.4 Å². The van der Waals surface area contributed by atoms with Gasteiger partial charge in [0.2, 0.25) is 5.82 Å². The standard InChI is InChI=1S/C18H17N5O5S/c1-12-3-7-14(8-4-12)28-18-16(23(24)25)17(19-11-20-18)21-22-29(26,27)15-9-5-13(2)6-10-15/h3-11,22H,1-2H3,(H,19,20,21). The third-order valence-corrected chi connectivity index (χ3v) is 5.11. The van der Waals surface area contributed by atoms with Crippen molar-refractivity contribution < 1.29 is 18.1 Å². The predicted octanol–water partition coefficient (Wildman–Crippen LogP) is 3.10. The number of sulfonamides is 1. The molecule has 11 heteroatoms. The van der Waals surface area contributed by atoms with Gasteiger partial charge in [-0.05, 0) is 38.1 Å². The normalized spacial score (nSPS) is 11.1. The van der Waals surface area contributed by atoms with E-state index < -0.39 is 20.6 Å². The summed E-state index contributed by atoms with van der Waals surface area (Å²) in [5.41, 5.74) is 3.54. The molecule has 2 aromatic carbocycles. The second-order valence-corrected chi connectivity index (χ2v) is 7.77. The minimum atomic E-state index is -3.98. The molecule has 1 heterocycles. The molecule has 29 heavy (non-hydrogen) atoms. The number of hydrazine groups is 1. The Morgan fingerprint density at radius 1 is 0.966 bits per heavy atom. The van der Waals surface area contributed by atoms with Gasteiger partial charge in [0.25, 0.3) is 10.0 Å². The Bertz CT molecular complexity index is 1130. The first-order valence-electron chi connectivity index (χ1n) is 8.34. The number of anilines is 1. The van der Waals surface area contributed by atoms with E-state index in [2.05, 4.69) is 20.2 Å². The largest absolute Gasteiger partial charge is 0.434 e. The zero-order valence-corrected chi connectivity index (χ0v) is 16.3. The van der Waals surface area contributed by atoms with Crippen molar-refractivity contribution in [2.45, 2.75) is 18.7 Å². The van der Waals surface area contributed by atoms with Gasteiger partial charge < -0.3 is 4.74 Å². The predicted molar refractivity (Wildman–Crippen MR) is 105 cm³/mol. The van der Waals surface area contributed by atoms with Crippen LogP contribution < -0.4 is 15.0 Å². The number of hydrogen-bond acceptors (Lipinski definition) is 8. The summed E-state index contributed by atoms with van der Waals surface area (Å²) in [6, 6.07) is 12.9. The Hall–Kier alpha value is -3.57. The average molecular weight is 415 g/mol. The number of nitro groups is 1. The van der Waals surface area contributed by atoms with Crippen LogP contribution in [0.5, 0.6) is 11.6 Å². The monoisotopic (exact) mass is 415 g/mol. The van der Waals surface area contributed by atoms with Crippen molar-refractivity contribution >= 4 is 21.5 Å². The van der Waals surface area contributed by atoms with Crippen molar-refractivity contribution in [3.05, 3.63) is 76.1 Å². The minimum absolute atomic E-state index is 0.0107. The highest BCUT2D eigenvalue weighted by Crippen LogP contribution is 2.33. The second-order valence-electron chi connectivity index (χ2n) is 6.09. The molecule has 0 bridgehead atoms. The highest BCUT2D eigenvalue weighted by Gasteiger charge is 2.26. The molecule has 0 fully saturated rings. The first-order chi connectivity index (χ1) is 13.8. The van der Waals surface area contributed by atoms with Crippen LogP contribution in [0.2, 0.25) is 0 Å². The number of nitrogens with zero attached hydrogens (tertiary/aromatic N) is 3. The molecular weight excluding hydrogens is 398 g/mol. The highest BCUT2D eigenvalue weighted by molar-refractivity contribution is 7.89. The number of ether oxygens (including phenoxy) is 1. The van der Waals surface area contributed by atoms with E-state index >= 15 is 0 Å². The van der Waals surface area contributed by atoms with Crippen molar-refractivity contribution in [2.75, 3.05) is 5.43 Å². The van der Waals surface area contributed by atoms with Crippen molar-refractivity contribution in [1.29, 1.82) is 0 Å². The lowest BCUT2D eigenvalue weighted by Crippen LogP contribution is -2.30. The fourth-order valence-electron chi connectivity index (χ4n) is 2.30. The maximum atomic E-state index is 12.4. The summed E-state index contributed by atoms with van der Waals surface area (Å²) in [7, 11) is -3.98. The summed E-state index contributed by atoms with van der Waals surface area (Å²) in [4.78, 5) is 20.4. The quantitative estimate of drug-likeness (QED) is 0.444. The van der Waals surface area contributed by atoms with E-state index in [1.165, 1.54) is 12.1 Å². The highest BCUT2D eigenvalue weighted by atomic mass is 32.2. The van der Waals surface area contributed by atoms with E-state index in [9.17, 15) is 18.5 Å². The van der Waals surface area contributed by atoms with Crippen LogP contribution in [0, 0.1) is 24.0 Å². The van der Waals surface area contributed by atoms with Gasteiger partial charge in [0.1, 0.15) is 12.1 Å². The van der Waals surface area contributed by atoms with E-state index in [0.29, 0.717) is 5.75 Å². The first-order valence-corrected chi connectivity index (χ1v) is 9.83. The van der Waals surface area contributed by atoms with Crippen LogP contribution in [0.25, 0.3) is 0 Å². The van der Waals surface area contributed by atoms with Gasteiger partial charge in [0.05, 0.1) is 9.82 Å². The third-order valence-electron chi connectivity index (χ3n) is 3.84. The Kier molecular flexibility index (Phi) is 5.71. The minimum Gasteiger partial charge on any atom is -0.434 e. The number of aromatic nitrogens is 2. The molecule has 0 aliphatic heterocycles. The fourth-order valence-corrected chi connectivity index (χ4v) is 3.15. The smallest absolute Gasteiger partial charge is 0.374 e. The van der Waals surface area contributed by atoms with Crippen LogP contribution in [0.4, 0.5) is 11.5 Å². The first kappa shape index (κ1) is 20.2. The van der Waals surface area contributed by atoms with E-state index in [-0.39, 0.29) is 16.6 Å². The molecule has 0 amide bonds. The van der Waals surface area contributed by atoms with Gasteiger partial charge in [0.15, 0.2) is 0 Å². The van der Waals surface area contributed by atoms with Crippen molar-refractivity contribution in [2.24, 2.45) is 0 Å². The Balaban J connectivity index is 1.86. The summed E-state index contributed by atoms with van der Waals surface area (Å²) in [6.07, 6.45) is 1.03. The Morgan fingerprint density at radius 3 is 2.14 bits per heavy atom. The molecule has 0 atom stereocenters. The van der Waals surface area contributed by atoms with Gasteiger partial charge in [-0.25, -0.2) is 13.4 Å². The van der Waals surface area contributed by atoms with Crippen LogP contribution in [-0.4, -0.2) is 23.3 Å².